The molecule has 1 aromatic carbocycles. The van der Waals surface area contributed by atoms with Crippen LogP contribution in [0.3, 0.4) is 0 Å². The van der Waals surface area contributed by atoms with E-state index in [2.05, 4.69) is 41.4 Å². The summed E-state index contributed by atoms with van der Waals surface area (Å²) in [5.41, 5.74) is 1.85. The molecule has 26 heavy (non-hydrogen) atoms. The van der Waals surface area contributed by atoms with E-state index in [0.717, 1.165) is 34.6 Å². The van der Waals surface area contributed by atoms with Gasteiger partial charge in [0.05, 0.1) is 13.2 Å². The number of hydrogen-bond donors (Lipinski definition) is 2. The second-order valence-corrected chi connectivity index (χ2v) is 6.96. The lowest BCUT2D eigenvalue weighted by Gasteiger charge is -2.27. The van der Waals surface area contributed by atoms with E-state index in [9.17, 15) is 4.79 Å². The van der Waals surface area contributed by atoms with E-state index < -0.39 is 0 Å². The molecule has 0 bridgehead atoms. The minimum absolute atomic E-state index is 0.0406. The summed E-state index contributed by atoms with van der Waals surface area (Å²) in [6.45, 7) is 5.53. The van der Waals surface area contributed by atoms with E-state index in [-0.39, 0.29) is 5.91 Å². The van der Waals surface area contributed by atoms with Crippen molar-refractivity contribution in [3.05, 3.63) is 40.6 Å². The number of morpholine rings is 1. The van der Waals surface area contributed by atoms with Gasteiger partial charge in [0.1, 0.15) is 18.0 Å². The highest BCUT2D eigenvalue weighted by atomic mass is 79.9. The van der Waals surface area contributed by atoms with Crippen molar-refractivity contribution in [2.75, 3.05) is 48.4 Å². The Morgan fingerprint density at radius 2 is 2.08 bits per heavy atom. The van der Waals surface area contributed by atoms with Crippen LogP contribution in [-0.4, -0.2) is 48.7 Å². The number of anilines is 3. The second kappa shape index (κ2) is 8.95. The van der Waals surface area contributed by atoms with Crippen LogP contribution >= 0.6 is 15.9 Å². The average molecular weight is 420 g/mol. The molecule has 0 saturated carbocycles. The van der Waals surface area contributed by atoms with E-state index in [1.165, 1.54) is 6.33 Å². The fraction of sp³-hybridized carbons (Fsp3) is 0.389. The van der Waals surface area contributed by atoms with Crippen LogP contribution in [0.4, 0.5) is 17.3 Å². The highest BCUT2D eigenvalue weighted by Gasteiger charge is 2.13. The van der Waals surface area contributed by atoms with Crippen molar-refractivity contribution >= 4 is 39.2 Å². The molecule has 1 aromatic heterocycles. The Labute approximate surface area is 161 Å². The number of nitrogens with one attached hydrogen (secondary N) is 2. The van der Waals surface area contributed by atoms with Crippen molar-refractivity contribution < 1.29 is 9.53 Å². The quantitative estimate of drug-likeness (QED) is 0.749. The molecule has 2 N–H and O–H groups in total. The number of carbonyl (C=O) groups is 1. The maximum Gasteiger partial charge on any atom is 0.226 e. The summed E-state index contributed by atoms with van der Waals surface area (Å²) in [6, 6.07) is 7.72. The first-order valence-electron chi connectivity index (χ1n) is 8.56. The fourth-order valence-corrected chi connectivity index (χ4v) is 3.02. The minimum atomic E-state index is -0.0406. The van der Waals surface area contributed by atoms with Gasteiger partial charge in [-0.25, -0.2) is 9.97 Å². The third-order valence-corrected chi connectivity index (χ3v) is 4.61. The molecule has 138 valence electrons. The zero-order chi connectivity index (χ0) is 18.4. The van der Waals surface area contributed by atoms with E-state index in [1.807, 2.05) is 31.2 Å². The summed E-state index contributed by atoms with van der Waals surface area (Å²) in [5.74, 6) is 1.55. The second-order valence-electron chi connectivity index (χ2n) is 6.05. The van der Waals surface area contributed by atoms with Crippen LogP contribution in [-0.2, 0) is 9.53 Å². The highest BCUT2D eigenvalue weighted by molar-refractivity contribution is 9.10. The first-order valence-corrected chi connectivity index (χ1v) is 9.36. The maximum absolute atomic E-state index is 12.2. The molecule has 7 nitrogen and oxygen atoms in total. The largest absolute Gasteiger partial charge is 0.378 e. The Morgan fingerprint density at radius 3 is 2.88 bits per heavy atom. The molecular formula is C18H22BrN5O2. The van der Waals surface area contributed by atoms with Crippen LogP contribution in [0.1, 0.15) is 12.0 Å². The molecule has 0 spiro atoms. The predicted molar refractivity (Wildman–Crippen MR) is 106 cm³/mol. The number of rotatable bonds is 6. The van der Waals surface area contributed by atoms with E-state index in [4.69, 9.17) is 4.74 Å². The number of aryl methyl sites for hydroxylation is 1. The molecular weight excluding hydrogens is 398 g/mol. The summed E-state index contributed by atoms with van der Waals surface area (Å²) in [7, 11) is 0. The lowest BCUT2D eigenvalue weighted by molar-refractivity contribution is -0.115. The lowest BCUT2D eigenvalue weighted by atomic mass is 10.2. The van der Waals surface area contributed by atoms with Crippen LogP contribution < -0.4 is 15.5 Å². The smallest absolute Gasteiger partial charge is 0.226 e. The monoisotopic (exact) mass is 419 g/mol. The molecule has 1 aliphatic heterocycles. The Bertz CT molecular complexity index is 765. The van der Waals surface area contributed by atoms with Gasteiger partial charge in [0.2, 0.25) is 5.91 Å². The number of aromatic nitrogens is 2. The molecule has 1 aliphatic rings. The van der Waals surface area contributed by atoms with Gasteiger partial charge in [-0.05, 0) is 24.6 Å². The zero-order valence-corrected chi connectivity index (χ0v) is 16.3. The van der Waals surface area contributed by atoms with E-state index in [1.54, 1.807) is 0 Å². The van der Waals surface area contributed by atoms with Gasteiger partial charge >= 0.3 is 0 Å². The Hall–Kier alpha value is -2.19. The number of benzene rings is 1. The number of carbonyl (C=O) groups excluding carboxylic acids is 1. The summed E-state index contributed by atoms with van der Waals surface area (Å²) >= 11 is 3.42. The molecule has 2 heterocycles. The standard InChI is InChI=1S/C18H22BrN5O2/c1-13-2-3-14(19)10-15(13)23-18(25)4-5-20-16-11-17(22-12-21-16)24-6-8-26-9-7-24/h2-3,10-12H,4-9H2,1H3,(H,23,25)(H,20,21,22). The van der Waals surface area contributed by atoms with Crippen molar-refractivity contribution in [3.63, 3.8) is 0 Å². The highest BCUT2D eigenvalue weighted by Crippen LogP contribution is 2.21. The van der Waals surface area contributed by atoms with Crippen LogP contribution in [0.25, 0.3) is 0 Å². The Kier molecular flexibility index (Phi) is 6.40. The SMILES string of the molecule is Cc1ccc(Br)cc1NC(=O)CCNc1cc(N2CCOCC2)ncn1. The Morgan fingerprint density at radius 1 is 1.27 bits per heavy atom. The van der Waals surface area contributed by atoms with Gasteiger partial charge in [0.15, 0.2) is 0 Å². The number of ether oxygens (including phenoxy) is 1. The molecule has 0 radical (unpaired) electrons. The topological polar surface area (TPSA) is 79.4 Å². The number of amides is 1. The van der Waals surface area contributed by atoms with Crippen LogP contribution in [0.15, 0.2) is 35.1 Å². The molecule has 1 saturated heterocycles. The normalized spacial score (nSPS) is 14.2. The first-order chi connectivity index (χ1) is 12.6. The minimum Gasteiger partial charge on any atom is -0.378 e. The first kappa shape index (κ1) is 18.6. The van der Waals surface area contributed by atoms with Gasteiger partial charge in [0.25, 0.3) is 0 Å². The molecule has 2 aromatic rings. The summed E-state index contributed by atoms with van der Waals surface area (Å²) in [6.07, 6.45) is 1.89. The molecule has 0 aliphatic carbocycles. The molecule has 1 amide bonds. The fourth-order valence-electron chi connectivity index (χ4n) is 2.65. The summed E-state index contributed by atoms with van der Waals surface area (Å²) in [4.78, 5) is 22.9. The van der Waals surface area contributed by atoms with Crippen molar-refractivity contribution in [3.8, 4) is 0 Å². The lowest BCUT2D eigenvalue weighted by Crippen LogP contribution is -2.36. The molecule has 8 heteroatoms. The number of hydrogen-bond acceptors (Lipinski definition) is 6. The summed E-state index contributed by atoms with van der Waals surface area (Å²) < 4.78 is 6.30. The van der Waals surface area contributed by atoms with Gasteiger partial charge in [-0.15, -0.1) is 0 Å². The van der Waals surface area contributed by atoms with E-state index in [0.29, 0.717) is 32.0 Å². The van der Waals surface area contributed by atoms with Gasteiger partial charge in [-0.1, -0.05) is 22.0 Å². The van der Waals surface area contributed by atoms with Gasteiger partial charge in [-0.3, -0.25) is 4.79 Å². The van der Waals surface area contributed by atoms with Crippen molar-refractivity contribution in [2.24, 2.45) is 0 Å². The summed E-state index contributed by atoms with van der Waals surface area (Å²) in [5, 5.41) is 6.12. The third kappa shape index (κ3) is 5.15. The average Bonchev–Trinajstić information content (AvgIpc) is 2.66. The number of nitrogens with zero attached hydrogens (tertiary/aromatic N) is 3. The molecule has 0 unspecified atom stereocenters. The maximum atomic E-state index is 12.2. The van der Waals surface area contributed by atoms with E-state index >= 15 is 0 Å². The van der Waals surface area contributed by atoms with Crippen LogP contribution in [0.5, 0.6) is 0 Å². The molecule has 3 rings (SSSR count). The zero-order valence-electron chi connectivity index (χ0n) is 14.7. The van der Waals surface area contributed by atoms with Crippen molar-refractivity contribution in [1.82, 2.24) is 9.97 Å². The molecule has 1 fully saturated rings. The van der Waals surface area contributed by atoms with Gasteiger partial charge in [-0.2, -0.15) is 0 Å². The Balaban J connectivity index is 1.50. The number of halogens is 1. The third-order valence-electron chi connectivity index (χ3n) is 4.12. The van der Waals surface area contributed by atoms with Crippen molar-refractivity contribution in [2.45, 2.75) is 13.3 Å². The van der Waals surface area contributed by atoms with Gasteiger partial charge in [0, 0.05) is 42.3 Å². The molecule has 0 atom stereocenters. The van der Waals surface area contributed by atoms with Crippen LogP contribution in [0, 0.1) is 6.92 Å². The van der Waals surface area contributed by atoms with Gasteiger partial charge < -0.3 is 20.3 Å². The predicted octanol–water partition coefficient (Wildman–Crippen LogP) is 2.82. The van der Waals surface area contributed by atoms with Crippen molar-refractivity contribution in [1.29, 1.82) is 0 Å². The van der Waals surface area contributed by atoms with Crippen LogP contribution in [0.2, 0.25) is 0 Å².